The minimum Gasteiger partial charge on any atom is -0.399 e. The van der Waals surface area contributed by atoms with Crippen molar-refractivity contribution in [1.82, 2.24) is 0 Å². The lowest BCUT2D eigenvalue weighted by Crippen LogP contribution is -2.48. The maximum absolute atomic E-state index is 12.0. The first kappa shape index (κ1) is 17.5. The molecule has 1 fully saturated rings. The van der Waals surface area contributed by atoms with E-state index in [9.17, 15) is 19.1 Å². The van der Waals surface area contributed by atoms with Gasteiger partial charge in [-0.3, -0.25) is 19.2 Å². The Morgan fingerprint density at radius 1 is 1.43 bits per heavy atom. The number of anilines is 1. The third-order valence-electron chi connectivity index (χ3n) is 2.91. The largest absolute Gasteiger partial charge is 0.472 e. The van der Waals surface area contributed by atoms with Gasteiger partial charge in [-0.25, -0.2) is 8.96 Å². The molecule has 0 amide bonds. The highest BCUT2D eigenvalue weighted by Crippen LogP contribution is 2.48. The fourth-order valence-electron chi connectivity index (χ4n) is 1.38. The molecule has 0 spiro atoms. The number of hydrogen-bond acceptors (Lipinski definition) is 6. The van der Waals surface area contributed by atoms with Gasteiger partial charge in [-0.2, -0.15) is 0 Å². The molecule has 8 nitrogen and oxygen atoms in total. The maximum Gasteiger partial charge on any atom is 0.472 e. The molecule has 2 rings (SSSR count). The molecule has 1 heterocycles. The highest BCUT2D eigenvalue weighted by Gasteiger charge is 2.49. The van der Waals surface area contributed by atoms with E-state index >= 15 is 0 Å². The van der Waals surface area contributed by atoms with Crippen molar-refractivity contribution < 1.29 is 27.8 Å². The van der Waals surface area contributed by atoms with Crippen LogP contribution in [-0.4, -0.2) is 28.6 Å². The standard InChI is InChI=1S/C6H6FN.C5H10NO6P/c7-5-1-3-6(8)4-2-5;1-2-5(6(7)8)3-11-13(9,10)12-4-5/h1-4H,8H2;2-4H2,1H3,(H,9,10). The molecule has 1 saturated heterocycles. The Morgan fingerprint density at radius 2 is 1.90 bits per heavy atom. The predicted molar refractivity (Wildman–Crippen MR) is 72.6 cm³/mol. The molecule has 0 unspecified atom stereocenters. The summed E-state index contributed by atoms with van der Waals surface area (Å²) in [5.41, 5.74) is 4.47. The van der Waals surface area contributed by atoms with Crippen LogP contribution >= 0.6 is 7.82 Å². The molecule has 1 aromatic carbocycles. The SMILES string of the molecule is CCC1([N+](=O)[O-])COP(=O)(O)OC1.Nc1ccc(F)cc1. The zero-order chi connectivity index (χ0) is 16.1. The van der Waals surface area contributed by atoms with Crippen LogP contribution in [0.25, 0.3) is 0 Å². The second-order valence-corrected chi connectivity index (χ2v) is 5.86. The number of benzene rings is 1. The van der Waals surface area contributed by atoms with Crippen LogP contribution in [0.1, 0.15) is 13.3 Å². The van der Waals surface area contributed by atoms with Gasteiger partial charge >= 0.3 is 7.82 Å². The van der Waals surface area contributed by atoms with E-state index < -0.39 is 18.3 Å². The van der Waals surface area contributed by atoms with Gasteiger partial charge in [0.1, 0.15) is 19.0 Å². The molecular formula is C11H16FN2O6P. The molecule has 1 aromatic rings. The van der Waals surface area contributed by atoms with Gasteiger partial charge in [-0.1, -0.05) is 6.92 Å². The zero-order valence-electron chi connectivity index (χ0n) is 11.3. The maximum atomic E-state index is 12.0. The van der Waals surface area contributed by atoms with Crippen LogP contribution < -0.4 is 5.73 Å². The summed E-state index contributed by atoms with van der Waals surface area (Å²) in [7, 11) is -4.02. The Labute approximate surface area is 120 Å². The summed E-state index contributed by atoms with van der Waals surface area (Å²) in [4.78, 5) is 18.8. The first-order chi connectivity index (χ1) is 9.71. The van der Waals surface area contributed by atoms with Gasteiger partial charge in [-0.05, 0) is 24.3 Å². The summed E-state index contributed by atoms with van der Waals surface area (Å²) in [6.45, 7) is 0.831. The van der Waals surface area contributed by atoms with Gasteiger partial charge < -0.3 is 10.6 Å². The smallest absolute Gasteiger partial charge is 0.399 e. The second-order valence-electron chi connectivity index (χ2n) is 4.40. The van der Waals surface area contributed by atoms with Crippen molar-refractivity contribution >= 4 is 13.5 Å². The Morgan fingerprint density at radius 3 is 2.24 bits per heavy atom. The molecule has 0 aliphatic carbocycles. The fraction of sp³-hybridized carbons (Fsp3) is 0.455. The van der Waals surface area contributed by atoms with Gasteiger partial charge in [0, 0.05) is 17.0 Å². The summed E-state index contributed by atoms with van der Waals surface area (Å²) in [5.74, 6) is -0.251. The Hall–Kier alpha value is -1.54. The molecule has 118 valence electrons. The van der Waals surface area contributed by atoms with Gasteiger partial charge in [0.2, 0.25) is 0 Å². The van der Waals surface area contributed by atoms with Crippen LogP contribution in [0.15, 0.2) is 24.3 Å². The second kappa shape index (κ2) is 6.95. The number of halogens is 1. The Bertz CT molecular complexity index is 505. The first-order valence-corrected chi connectivity index (χ1v) is 7.48. The highest BCUT2D eigenvalue weighted by atomic mass is 31.2. The molecule has 0 atom stereocenters. The average molecular weight is 322 g/mol. The summed E-state index contributed by atoms with van der Waals surface area (Å²) in [6.07, 6.45) is 0.194. The lowest BCUT2D eigenvalue weighted by molar-refractivity contribution is -0.579. The van der Waals surface area contributed by atoms with Crippen LogP contribution in [0.2, 0.25) is 0 Å². The molecule has 0 saturated carbocycles. The lowest BCUT2D eigenvalue weighted by atomic mass is 10.0. The van der Waals surface area contributed by atoms with Crippen molar-refractivity contribution in [3.63, 3.8) is 0 Å². The van der Waals surface area contributed by atoms with Crippen molar-refractivity contribution in [2.75, 3.05) is 18.9 Å². The molecule has 10 heteroatoms. The average Bonchev–Trinajstić information content (AvgIpc) is 2.43. The monoisotopic (exact) mass is 322 g/mol. The van der Waals surface area contributed by atoms with E-state index in [4.69, 9.17) is 10.6 Å². The van der Waals surface area contributed by atoms with Crippen LogP contribution in [0.3, 0.4) is 0 Å². The van der Waals surface area contributed by atoms with E-state index in [-0.39, 0.29) is 25.5 Å². The number of phosphoric ester groups is 1. The molecule has 3 N–H and O–H groups in total. The number of rotatable bonds is 2. The van der Waals surface area contributed by atoms with Crippen molar-refractivity contribution in [2.45, 2.75) is 18.9 Å². The van der Waals surface area contributed by atoms with E-state index in [0.29, 0.717) is 5.69 Å². The summed E-state index contributed by atoms with van der Waals surface area (Å²) >= 11 is 0. The molecule has 1 aliphatic rings. The zero-order valence-corrected chi connectivity index (χ0v) is 12.2. The van der Waals surface area contributed by atoms with E-state index in [0.717, 1.165) is 0 Å². The summed E-state index contributed by atoms with van der Waals surface area (Å²) < 4.78 is 31.5. The minimum atomic E-state index is -4.02. The van der Waals surface area contributed by atoms with Crippen LogP contribution in [0.4, 0.5) is 10.1 Å². The topological polar surface area (TPSA) is 125 Å². The molecule has 0 bridgehead atoms. The van der Waals surface area contributed by atoms with Crippen LogP contribution in [0, 0.1) is 15.9 Å². The van der Waals surface area contributed by atoms with Gasteiger partial charge in [0.25, 0.3) is 5.54 Å². The van der Waals surface area contributed by atoms with E-state index in [1.54, 1.807) is 6.92 Å². The lowest BCUT2D eigenvalue weighted by Gasteiger charge is -2.29. The van der Waals surface area contributed by atoms with E-state index in [1.807, 2.05) is 0 Å². The number of nitrogens with zero attached hydrogens (tertiary/aromatic N) is 1. The van der Waals surface area contributed by atoms with E-state index in [2.05, 4.69) is 9.05 Å². The molecule has 21 heavy (non-hydrogen) atoms. The third-order valence-corrected chi connectivity index (χ3v) is 3.82. The Balaban J connectivity index is 0.000000235. The summed E-state index contributed by atoms with van der Waals surface area (Å²) in [5, 5.41) is 10.6. The van der Waals surface area contributed by atoms with Crippen molar-refractivity contribution in [2.24, 2.45) is 0 Å². The van der Waals surface area contributed by atoms with Crippen molar-refractivity contribution in [3.05, 3.63) is 40.2 Å². The number of nitro groups is 1. The number of hydrogen-bond donors (Lipinski definition) is 2. The van der Waals surface area contributed by atoms with Gasteiger partial charge in [-0.15, -0.1) is 0 Å². The van der Waals surface area contributed by atoms with Gasteiger partial charge in [0.15, 0.2) is 0 Å². The predicted octanol–water partition coefficient (Wildman–Crippen LogP) is 1.97. The summed E-state index contributed by atoms with van der Waals surface area (Å²) in [6, 6.07) is 5.70. The third kappa shape index (κ3) is 5.05. The number of phosphoric acid groups is 1. The van der Waals surface area contributed by atoms with E-state index in [1.165, 1.54) is 24.3 Å². The number of nitrogen functional groups attached to an aromatic ring is 1. The Kier molecular flexibility index (Phi) is 5.79. The quantitative estimate of drug-likeness (QED) is 0.369. The normalized spacial score (nSPS) is 28.3. The molecule has 0 aromatic heterocycles. The molecule has 1 aliphatic heterocycles. The minimum absolute atomic E-state index is 0.194. The van der Waals surface area contributed by atoms with Crippen LogP contribution in [0.5, 0.6) is 0 Å². The molecule has 0 radical (unpaired) electrons. The number of nitrogens with two attached hydrogens (primary N) is 1. The molecular weight excluding hydrogens is 306 g/mol. The van der Waals surface area contributed by atoms with Gasteiger partial charge in [0.05, 0.1) is 0 Å². The first-order valence-electron chi connectivity index (χ1n) is 5.98. The van der Waals surface area contributed by atoms with Crippen molar-refractivity contribution in [1.29, 1.82) is 0 Å². The van der Waals surface area contributed by atoms with Crippen LogP contribution in [-0.2, 0) is 13.6 Å². The fourth-order valence-corrected chi connectivity index (χ4v) is 2.27. The highest BCUT2D eigenvalue weighted by molar-refractivity contribution is 7.47. The van der Waals surface area contributed by atoms with Crippen molar-refractivity contribution in [3.8, 4) is 0 Å².